The summed E-state index contributed by atoms with van der Waals surface area (Å²) in [5, 5.41) is 3.60. The number of hydrogen-bond acceptors (Lipinski definition) is 2. The zero-order chi connectivity index (χ0) is 15.1. The van der Waals surface area contributed by atoms with Crippen LogP contribution in [0.3, 0.4) is 0 Å². The standard InChI is InChI=1S/C18H32N2/c1-7-19-18(13-20(6)15(4)5)17-10-8-16(9-11-17)12-14(2)3/h8-11,14-15,18-19H,7,12-13H2,1-6H3. The smallest absolute Gasteiger partial charge is 0.0449 e. The highest BCUT2D eigenvalue weighted by Crippen LogP contribution is 2.17. The van der Waals surface area contributed by atoms with Crippen molar-refractivity contribution in [3.63, 3.8) is 0 Å². The van der Waals surface area contributed by atoms with E-state index in [0.29, 0.717) is 12.1 Å². The molecule has 1 N–H and O–H groups in total. The monoisotopic (exact) mass is 276 g/mol. The molecule has 0 aliphatic rings. The van der Waals surface area contributed by atoms with Gasteiger partial charge >= 0.3 is 0 Å². The SMILES string of the molecule is CCNC(CN(C)C(C)C)c1ccc(CC(C)C)cc1. The number of nitrogens with one attached hydrogen (secondary N) is 1. The lowest BCUT2D eigenvalue weighted by molar-refractivity contribution is 0.243. The Bertz CT molecular complexity index is 368. The molecule has 0 heterocycles. The minimum atomic E-state index is 0.417. The molecule has 0 saturated heterocycles. The lowest BCUT2D eigenvalue weighted by atomic mass is 9.99. The van der Waals surface area contributed by atoms with Crippen molar-refractivity contribution < 1.29 is 0 Å². The molecule has 0 aromatic heterocycles. The van der Waals surface area contributed by atoms with E-state index in [1.807, 2.05) is 0 Å². The van der Waals surface area contributed by atoms with Crippen molar-refractivity contribution in [2.24, 2.45) is 5.92 Å². The van der Waals surface area contributed by atoms with Gasteiger partial charge in [-0.25, -0.2) is 0 Å². The Morgan fingerprint density at radius 1 is 1.05 bits per heavy atom. The first-order valence-corrected chi connectivity index (χ1v) is 7.96. The van der Waals surface area contributed by atoms with E-state index in [1.54, 1.807) is 0 Å². The van der Waals surface area contributed by atoms with Crippen LogP contribution in [0.25, 0.3) is 0 Å². The van der Waals surface area contributed by atoms with Crippen molar-refractivity contribution >= 4 is 0 Å². The molecule has 2 nitrogen and oxygen atoms in total. The van der Waals surface area contributed by atoms with Crippen LogP contribution >= 0.6 is 0 Å². The fraction of sp³-hybridized carbons (Fsp3) is 0.667. The Hall–Kier alpha value is -0.860. The summed E-state index contributed by atoms with van der Waals surface area (Å²) in [7, 11) is 2.20. The summed E-state index contributed by atoms with van der Waals surface area (Å²) in [6, 6.07) is 10.2. The molecule has 0 aliphatic heterocycles. The molecule has 0 spiro atoms. The number of nitrogens with zero attached hydrogens (tertiary/aromatic N) is 1. The van der Waals surface area contributed by atoms with Crippen LogP contribution in [0.2, 0.25) is 0 Å². The van der Waals surface area contributed by atoms with Gasteiger partial charge in [0.1, 0.15) is 0 Å². The quantitative estimate of drug-likeness (QED) is 0.775. The van der Waals surface area contributed by atoms with Gasteiger partial charge in [0.25, 0.3) is 0 Å². The van der Waals surface area contributed by atoms with Crippen molar-refractivity contribution in [1.29, 1.82) is 0 Å². The van der Waals surface area contributed by atoms with Gasteiger partial charge in [-0.2, -0.15) is 0 Å². The van der Waals surface area contributed by atoms with Gasteiger partial charge in [-0.05, 0) is 50.9 Å². The molecule has 0 radical (unpaired) electrons. The van der Waals surface area contributed by atoms with Crippen LogP contribution in [0, 0.1) is 5.92 Å². The van der Waals surface area contributed by atoms with E-state index in [4.69, 9.17) is 0 Å². The summed E-state index contributed by atoms with van der Waals surface area (Å²) in [5.74, 6) is 0.720. The van der Waals surface area contributed by atoms with E-state index < -0.39 is 0 Å². The number of likely N-dealkylation sites (N-methyl/N-ethyl adjacent to an activating group) is 2. The van der Waals surface area contributed by atoms with Crippen molar-refractivity contribution in [3.05, 3.63) is 35.4 Å². The maximum Gasteiger partial charge on any atom is 0.0449 e. The third-order valence-electron chi connectivity index (χ3n) is 3.83. The minimum Gasteiger partial charge on any atom is -0.309 e. The van der Waals surface area contributed by atoms with Gasteiger partial charge in [0.15, 0.2) is 0 Å². The van der Waals surface area contributed by atoms with Crippen molar-refractivity contribution in [2.45, 2.75) is 53.1 Å². The molecule has 20 heavy (non-hydrogen) atoms. The summed E-state index contributed by atoms with van der Waals surface area (Å²) in [5.41, 5.74) is 2.84. The Morgan fingerprint density at radius 2 is 1.65 bits per heavy atom. The Kier molecular flexibility index (Phi) is 7.25. The van der Waals surface area contributed by atoms with Gasteiger partial charge in [-0.1, -0.05) is 45.0 Å². The second-order valence-electron chi connectivity index (χ2n) is 6.48. The van der Waals surface area contributed by atoms with Gasteiger partial charge in [0.05, 0.1) is 0 Å². The lowest BCUT2D eigenvalue weighted by Gasteiger charge is -2.28. The van der Waals surface area contributed by atoms with Crippen LogP contribution in [0.5, 0.6) is 0 Å². The van der Waals surface area contributed by atoms with Crippen LogP contribution in [-0.4, -0.2) is 31.1 Å². The molecule has 1 aromatic carbocycles. The average molecular weight is 276 g/mol. The Balaban J connectivity index is 2.75. The van der Waals surface area contributed by atoms with E-state index in [1.165, 1.54) is 11.1 Å². The zero-order valence-electron chi connectivity index (χ0n) is 14.1. The first kappa shape index (κ1) is 17.2. The molecule has 0 amide bonds. The predicted molar refractivity (Wildman–Crippen MR) is 89.2 cm³/mol. The van der Waals surface area contributed by atoms with E-state index in [0.717, 1.165) is 25.4 Å². The van der Waals surface area contributed by atoms with E-state index in [2.05, 4.69) is 76.1 Å². The molecule has 1 aromatic rings. The van der Waals surface area contributed by atoms with Gasteiger partial charge in [0, 0.05) is 18.6 Å². The molecular weight excluding hydrogens is 244 g/mol. The molecule has 1 rings (SSSR count). The van der Waals surface area contributed by atoms with Crippen LogP contribution < -0.4 is 5.32 Å². The number of rotatable bonds is 8. The van der Waals surface area contributed by atoms with Crippen molar-refractivity contribution in [3.8, 4) is 0 Å². The van der Waals surface area contributed by atoms with E-state index in [-0.39, 0.29) is 0 Å². The third kappa shape index (κ3) is 5.64. The molecule has 2 heteroatoms. The van der Waals surface area contributed by atoms with Crippen molar-refractivity contribution in [2.75, 3.05) is 20.1 Å². The molecule has 1 unspecified atom stereocenters. The highest BCUT2D eigenvalue weighted by atomic mass is 15.1. The average Bonchev–Trinajstić information content (AvgIpc) is 2.38. The summed E-state index contributed by atoms with van der Waals surface area (Å²) < 4.78 is 0. The number of hydrogen-bond donors (Lipinski definition) is 1. The maximum absolute atomic E-state index is 3.60. The molecule has 0 bridgehead atoms. The van der Waals surface area contributed by atoms with Crippen LogP contribution in [0.1, 0.15) is 51.8 Å². The van der Waals surface area contributed by atoms with Crippen molar-refractivity contribution in [1.82, 2.24) is 10.2 Å². The second-order valence-corrected chi connectivity index (χ2v) is 6.48. The van der Waals surface area contributed by atoms with Crippen LogP contribution in [0.4, 0.5) is 0 Å². The molecule has 1 atom stereocenters. The van der Waals surface area contributed by atoms with Crippen LogP contribution in [0.15, 0.2) is 24.3 Å². The molecule has 0 fully saturated rings. The summed E-state index contributed by atoms with van der Waals surface area (Å²) in [6.45, 7) is 13.3. The lowest BCUT2D eigenvalue weighted by Crippen LogP contribution is -2.36. The Labute approximate surface area is 125 Å². The molecule has 0 saturated carbocycles. The van der Waals surface area contributed by atoms with Gasteiger partial charge < -0.3 is 10.2 Å². The number of benzene rings is 1. The minimum absolute atomic E-state index is 0.417. The highest BCUT2D eigenvalue weighted by Gasteiger charge is 2.14. The largest absolute Gasteiger partial charge is 0.309 e. The summed E-state index contributed by atoms with van der Waals surface area (Å²) >= 11 is 0. The fourth-order valence-electron chi connectivity index (χ4n) is 2.39. The second kappa shape index (κ2) is 8.43. The maximum atomic E-state index is 3.60. The first-order chi connectivity index (χ1) is 9.43. The van der Waals surface area contributed by atoms with E-state index in [9.17, 15) is 0 Å². The van der Waals surface area contributed by atoms with E-state index >= 15 is 0 Å². The highest BCUT2D eigenvalue weighted by molar-refractivity contribution is 5.25. The summed E-state index contributed by atoms with van der Waals surface area (Å²) in [4.78, 5) is 2.40. The third-order valence-corrected chi connectivity index (χ3v) is 3.83. The molecule has 0 aliphatic carbocycles. The normalized spacial score (nSPS) is 13.4. The zero-order valence-corrected chi connectivity index (χ0v) is 14.1. The molecule has 114 valence electrons. The summed E-state index contributed by atoms with van der Waals surface area (Å²) in [6.07, 6.45) is 1.16. The van der Waals surface area contributed by atoms with Gasteiger partial charge in [-0.15, -0.1) is 0 Å². The molecular formula is C18H32N2. The topological polar surface area (TPSA) is 15.3 Å². The Morgan fingerprint density at radius 3 is 2.10 bits per heavy atom. The van der Waals surface area contributed by atoms with Gasteiger partial charge in [0.2, 0.25) is 0 Å². The first-order valence-electron chi connectivity index (χ1n) is 7.96. The van der Waals surface area contributed by atoms with Gasteiger partial charge in [-0.3, -0.25) is 0 Å². The predicted octanol–water partition coefficient (Wildman–Crippen LogP) is 3.88. The van der Waals surface area contributed by atoms with Crippen LogP contribution in [-0.2, 0) is 6.42 Å². The fourth-order valence-corrected chi connectivity index (χ4v) is 2.39.